The Hall–Kier alpha value is -3.31. The largest absolute Gasteiger partial charge is 0.481 e. The number of aromatic nitrogens is 3. The van der Waals surface area contributed by atoms with E-state index in [1.54, 1.807) is 4.90 Å². The Bertz CT molecular complexity index is 965. The number of nitrogens with zero attached hydrogens (tertiary/aromatic N) is 5. The summed E-state index contributed by atoms with van der Waals surface area (Å²) in [5.41, 5.74) is 0.770. The number of alkyl halides is 3. The van der Waals surface area contributed by atoms with Crippen LogP contribution in [-0.2, 0) is 19.1 Å². The lowest BCUT2D eigenvalue weighted by Gasteiger charge is -2.37. The van der Waals surface area contributed by atoms with Gasteiger partial charge in [0.1, 0.15) is 18.0 Å². The number of carbonyl (C=O) groups is 1. The standard InChI is InChI=1S/C18H18F3N5O4/c1-29-16-13(18(19,20)21)4-10(5-22-16)25-3-2-14-12(8-25)15(24-9-23-14)30-11-6-26(7-11)17(27)28/h4-5,9,11H,2-3,6-8H2,1H3,(H,27,28). The van der Waals surface area contributed by atoms with Crippen molar-refractivity contribution in [2.24, 2.45) is 0 Å². The summed E-state index contributed by atoms with van der Waals surface area (Å²) >= 11 is 0. The summed E-state index contributed by atoms with van der Waals surface area (Å²) in [5.74, 6) is -0.166. The predicted octanol–water partition coefficient (Wildman–Crippen LogP) is 2.20. The molecule has 160 valence electrons. The van der Waals surface area contributed by atoms with E-state index in [4.69, 9.17) is 14.6 Å². The van der Waals surface area contributed by atoms with Crippen LogP contribution in [0.2, 0.25) is 0 Å². The molecular formula is C18H18F3N5O4. The van der Waals surface area contributed by atoms with Gasteiger partial charge in [0.2, 0.25) is 11.8 Å². The number of pyridine rings is 1. The van der Waals surface area contributed by atoms with Crippen molar-refractivity contribution in [3.63, 3.8) is 0 Å². The molecule has 0 spiro atoms. The zero-order valence-electron chi connectivity index (χ0n) is 15.9. The SMILES string of the molecule is COc1ncc(N2CCc3ncnc(OC4CN(C(=O)O)C4)c3C2)cc1C(F)(F)F. The molecule has 1 saturated heterocycles. The van der Waals surface area contributed by atoms with Gasteiger partial charge in [0.05, 0.1) is 49.9 Å². The Labute approximate surface area is 169 Å². The quantitative estimate of drug-likeness (QED) is 0.796. The maximum absolute atomic E-state index is 13.3. The molecule has 1 amide bonds. The van der Waals surface area contributed by atoms with Crippen LogP contribution in [-0.4, -0.2) is 63.9 Å². The molecule has 4 rings (SSSR count). The highest BCUT2D eigenvalue weighted by molar-refractivity contribution is 5.66. The molecule has 4 heterocycles. The van der Waals surface area contributed by atoms with Crippen LogP contribution in [0.3, 0.4) is 0 Å². The molecule has 12 heteroatoms. The van der Waals surface area contributed by atoms with Crippen molar-refractivity contribution < 1.29 is 32.5 Å². The molecule has 9 nitrogen and oxygen atoms in total. The first-order valence-corrected chi connectivity index (χ1v) is 9.09. The molecule has 30 heavy (non-hydrogen) atoms. The fourth-order valence-corrected chi connectivity index (χ4v) is 3.44. The number of amides is 1. The summed E-state index contributed by atoms with van der Waals surface area (Å²) in [5, 5.41) is 8.93. The van der Waals surface area contributed by atoms with Gasteiger partial charge >= 0.3 is 12.3 Å². The molecule has 2 aromatic heterocycles. The van der Waals surface area contributed by atoms with Crippen LogP contribution in [0.5, 0.6) is 11.8 Å². The van der Waals surface area contributed by atoms with E-state index in [0.29, 0.717) is 30.1 Å². The first-order valence-electron chi connectivity index (χ1n) is 9.09. The summed E-state index contributed by atoms with van der Waals surface area (Å²) in [4.78, 5) is 26.1. The monoisotopic (exact) mass is 425 g/mol. The Morgan fingerprint density at radius 1 is 1.23 bits per heavy atom. The van der Waals surface area contributed by atoms with Crippen LogP contribution in [0.25, 0.3) is 0 Å². The van der Waals surface area contributed by atoms with Crippen molar-refractivity contribution in [3.05, 3.63) is 35.4 Å². The maximum Gasteiger partial charge on any atom is 0.421 e. The second-order valence-corrected chi connectivity index (χ2v) is 6.95. The molecule has 0 atom stereocenters. The molecular weight excluding hydrogens is 407 g/mol. The van der Waals surface area contributed by atoms with Gasteiger partial charge in [-0.3, -0.25) is 0 Å². The van der Waals surface area contributed by atoms with Crippen molar-refractivity contribution in [2.45, 2.75) is 25.2 Å². The second kappa shape index (κ2) is 7.50. The minimum atomic E-state index is -4.60. The number of rotatable bonds is 4. The molecule has 1 fully saturated rings. The fourth-order valence-electron chi connectivity index (χ4n) is 3.44. The summed E-state index contributed by atoms with van der Waals surface area (Å²) in [6.07, 6.45) is -2.74. The van der Waals surface area contributed by atoms with Crippen LogP contribution >= 0.6 is 0 Å². The van der Waals surface area contributed by atoms with Gasteiger partial charge < -0.3 is 24.4 Å². The number of ether oxygens (including phenoxy) is 2. The molecule has 1 N–H and O–H groups in total. The summed E-state index contributed by atoms with van der Waals surface area (Å²) in [7, 11) is 1.14. The third-order valence-corrected chi connectivity index (χ3v) is 5.06. The molecule has 0 radical (unpaired) electrons. The average Bonchev–Trinajstić information content (AvgIpc) is 2.68. The van der Waals surface area contributed by atoms with Gasteiger partial charge in [-0.25, -0.2) is 19.7 Å². The fraction of sp³-hybridized carbons (Fsp3) is 0.444. The zero-order valence-corrected chi connectivity index (χ0v) is 15.9. The molecule has 0 unspecified atom stereocenters. The number of methoxy groups -OCH3 is 1. The number of hydrogen-bond donors (Lipinski definition) is 1. The molecule has 2 aromatic rings. The highest BCUT2D eigenvalue weighted by atomic mass is 19.4. The summed E-state index contributed by atoms with van der Waals surface area (Å²) in [6, 6.07) is 1.01. The normalized spacial score (nSPS) is 16.7. The lowest BCUT2D eigenvalue weighted by Crippen LogP contribution is -2.55. The van der Waals surface area contributed by atoms with Crippen molar-refractivity contribution in [1.82, 2.24) is 19.9 Å². The number of anilines is 1. The molecule has 0 aromatic carbocycles. The van der Waals surface area contributed by atoms with Crippen LogP contribution in [0.15, 0.2) is 18.6 Å². The van der Waals surface area contributed by atoms with E-state index in [0.717, 1.165) is 18.9 Å². The Kier molecular flexibility index (Phi) is 5.00. The van der Waals surface area contributed by atoms with Gasteiger partial charge in [-0.2, -0.15) is 13.2 Å². The second-order valence-electron chi connectivity index (χ2n) is 6.95. The van der Waals surface area contributed by atoms with Gasteiger partial charge in [0.15, 0.2) is 0 Å². The Balaban J connectivity index is 1.56. The summed E-state index contributed by atoms with van der Waals surface area (Å²) in [6.45, 7) is 1.15. The van der Waals surface area contributed by atoms with Crippen LogP contribution in [0, 0.1) is 0 Å². The van der Waals surface area contributed by atoms with E-state index in [2.05, 4.69) is 15.0 Å². The van der Waals surface area contributed by atoms with Gasteiger partial charge in [0, 0.05) is 13.0 Å². The molecule has 2 aliphatic rings. The Morgan fingerprint density at radius 2 is 2.00 bits per heavy atom. The first-order chi connectivity index (χ1) is 14.3. The Morgan fingerprint density at radius 3 is 2.67 bits per heavy atom. The number of fused-ring (bicyclic) bond motifs is 1. The third-order valence-electron chi connectivity index (χ3n) is 5.06. The van der Waals surface area contributed by atoms with Gasteiger partial charge in [0.25, 0.3) is 0 Å². The number of halogens is 3. The van der Waals surface area contributed by atoms with E-state index in [1.807, 2.05) is 0 Å². The van der Waals surface area contributed by atoms with Crippen molar-refractivity contribution >= 4 is 11.8 Å². The third kappa shape index (κ3) is 3.76. The van der Waals surface area contributed by atoms with E-state index in [-0.39, 0.29) is 25.7 Å². The van der Waals surface area contributed by atoms with E-state index >= 15 is 0 Å². The molecule has 0 bridgehead atoms. The highest BCUT2D eigenvalue weighted by Crippen LogP contribution is 2.38. The van der Waals surface area contributed by atoms with Gasteiger partial charge in [-0.05, 0) is 6.07 Å². The van der Waals surface area contributed by atoms with Crippen LogP contribution in [0.1, 0.15) is 16.8 Å². The first kappa shape index (κ1) is 20.0. The van der Waals surface area contributed by atoms with Gasteiger partial charge in [-0.1, -0.05) is 0 Å². The highest BCUT2D eigenvalue weighted by Gasteiger charge is 2.37. The van der Waals surface area contributed by atoms with E-state index in [1.165, 1.54) is 17.4 Å². The van der Waals surface area contributed by atoms with Crippen LogP contribution in [0.4, 0.5) is 23.7 Å². The number of likely N-dealkylation sites (tertiary alicyclic amines) is 1. The summed E-state index contributed by atoms with van der Waals surface area (Å²) < 4.78 is 50.6. The van der Waals surface area contributed by atoms with Crippen LogP contribution < -0.4 is 14.4 Å². The lowest BCUT2D eigenvalue weighted by molar-refractivity contribution is -0.139. The number of carboxylic acid groups (broad SMARTS) is 1. The zero-order chi connectivity index (χ0) is 21.5. The average molecular weight is 425 g/mol. The lowest BCUT2D eigenvalue weighted by atomic mass is 10.1. The molecule has 0 aliphatic carbocycles. The maximum atomic E-state index is 13.3. The van der Waals surface area contributed by atoms with E-state index in [9.17, 15) is 18.0 Å². The van der Waals surface area contributed by atoms with E-state index < -0.39 is 23.7 Å². The number of hydrogen-bond acceptors (Lipinski definition) is 7. The predicted molar refractivity (Wildman–Crippen MR) is 96.6 cm³/mol. The smallest absolute Gasteiger partial charge is 0.421 e. The molecule has 2 aliphatic heterocycles. The topological polar surface area (TPSA) is 101 Å². The minimum Gasteiger partial charge on any atom is -0.481 e. The van der Waals surface area contributed by atoms with Gasteiger partial charge in [-0.15, -0.1) is 0 Å². The minimum absolute atomic E-state index is 0.231. The molecule has 0 saturated carbocycles. The van der Waals surface area contributed by atoms with Crippen molar-refractivity contribution in [1.29, 1.82) is 0 Å². The van der Waals surface area contributed by atoms with Crippen molar-refractivity contribution in [2.75, 3.05) is 31.6 Å². The van der Waals surface area contributed by atoms with Crippen molar-refractivity contribution in [3.8, 4) is 11.8 Å².